The molecule has 0 aliphatic carbocycles. The van der Waals surface area contributed by atoms with Crippen molar-refractivity contribution in [3.8, 4) is 0 Å². The van der Waals surface area contributed by atoms with Gasteiger partial charge in [-0.1, -0.05) is 0 Å². The minimum atomic E-state index is -2.90. The van der Waals surface area contributed by atoms with E-state index in [1.54, 1.807) is 10.9 Å². The Morgan fingerprint density at radius 2 is 2.31 bits per heavy atom. The Kier molecular flexibility index (Phi) is 3.75. The summed E-state index contributed by atoms with van der Waals surface area (Å²) in [5, 5.41) is 4.11. The molecule has 0 aliphatic rings. The normalized spacial score (nSPS) is 11.9. The van der Waals surface area contributed by atoms with Crippen LogP contribution in [0.5, 0.6) is 0 Å². The minimum absolute atomic E-state index is 0.122. The van der Waals surface area contributed by atoms with Crippen molar-refractivity contribution in [2.24, 2.45) is 0 Å². The lowest BCUT2D eigenvalue weighted by atomic mass is 10.7. The van der Waals surface area contributed by atoms with E-state index < -0.39 is 9.84 Å². The molecule has 0 aromatic carbocycles. The number of rotatable bonds is 3. The minimum Gasteiger partial charge on any atom is -0.269 e. The Labute approximate surface area is 98.9 Å². The van der Waals surface area contributed by atoms with Crippen LogP contribution >= 0.6 is 38.5 Å². The van der Waals surface area contributed by atoms with Crippen LogP contribution in [0.25, 0.3) is 0 Å². The first-order valence-corrected chi connectivity index (χ1v) is 7.38. The van der Waals surface area contributed by atoms with E-state index in [9.17, 15) is 8.42 Å². The highest BCUT2D eigenvalue weighted by Gasteiger charge is 2.06. The highest BCUT2D eigenvalue weighted by atomic mass is 127. The van der Waals surface area contributed by atoms with Crippen LogP contribution in [-0.4, -0.2) is 30.2 Å². The van der Waals surface area contributed by atoms with E-state index >= 15 is 0 Å². The number of aromatic nitrogens is 2. The second-order valence-electron chi connectivity index (χ2n) is 2.66. The summed E-state index contributed by atoms with van der Waals surface area (Å²) >= 11 is 5.37. The van der Waals surface area contributed by atoms with E-state index in [0.29, 0.717) is 6.54 Å². The van der Waals surface area contributed by atoms with Gasteiger partial charge in [-0.3, -0.25) is 4.68 Å². The quantitative estimate of drug-likeness (QED) is 0.745. The molecule has 0 fully saturated rings. The van der Waals surface area contributed by atoms with Crippen LogP contribution < -0.4 is 0 Å². The molecule has 0 spiro atoms. The third-order valence-electron chi connectivity index (χ3n) is 1.37. The fourth-order valence-corrected chi connectivity index (χ4v) is 2.00. The van der Waals surface area contributed by atoms with Gasteiger partial charge in [-0.05, 0) is 38.5 Å². The highest BCUT2D eigenvalue weighted by Crippen LogP contribution is 2.16. The summed E-state index contributed by atoms with van der Waals surface area (Å²) in [5.41, 5.74) is 0. The van der Waals surface area contributed by atoms with E-state index in [1.807, 2.05) is 0 Å². The second kappa shape index (κ2) is 4.26. The predicted octanol–water partition coefficient (Wildman–Crippen LogP) is 1.29. The molecule has 0 bridgehead atoms. The number of nitrogens with zero attached hydrogens (tertiary/aromatic N) is 2. The molecule has 0 radical (unpaired) electrons. The molecule has 0 saturated carbocycles. The molecule has 0 unspecified atom stereocenters. The van der Waals surface area contributed by atoms with E-state index in [4.69, 9.17) is 0 Å². The molecular formula is C6H8BrIN2O2S. The average molecular weight is 379 g/mol. The van der Waals surface area contributed by atoms with Gasteiger partial charge >= 0.3 is 0 Å². The van der Waals surface area contributed by atoms with Crippen LogP contribution in [0.4, 0.5) is 0 Å². The maximum atomic E-state index is 10.8. The SMILES string of the molecule is CS(=O)(=O)CCn1cc(Br)c(I)n1. The summed E-state index contributed by atoms with van der Waals surface area (Å²) in [6.07, 6.45) is 2.99. The number of halogens is 2. The zero-order chi connectivity index (χ0) is 10.1. The smallest absolute Gasteiger partial charge is 0.149 e. The Hall–Kier alpha value is 0.370. The van der Waals surface area contributed by atoms with Crippen LogP contribution in [-0.2, 0) is 16.4 Å². The molecule has 0 N–H and O–H groups in total. The summed E-state index contributed by atoms with van der Waals surface area (Å²) < 4.78 is 25.0. The van der Waals surface area contributed by atoms with Crippen LogP contribution in [0.3, 0.4) is 0 Å². The molecule has 74 valence electrons. The van der Waals surface area contributed by atoms with Gasteiger partial charge in [0.25, 0.3) is 0 Å². The second-order valence-corrected chi connectivity index (χ2v) is 6.80. The third kappa shape index (κ3) is 3.94. The molecule has 1 aromatic heterocycles. The third-order valence-corrected chi connectivity index (χ3v) is 4.41. The molecule has 0 aliphatic heterocycles. The van der Waals surface area contributed by atoms with Crippen molar-refractivity contribution in [3.05, 3.63) is 14.4 Å². The fourth-order valence-electron chi connectivity index (χ4n) is 0.747. The monoisotopic (exact) mass is 378 g/mol. The van der Waals surface area contributed by atoms with Crippen molar-refractivity contribution >= 4 is 48.4 Å². The topological polar surface area (TPSA) is 52.0 Å². The Balaban J connectivity index is 2.66. The first-order chi connectivity index (χ1) is 5.88. The summed E-state index contributed by atoms with van der Waals surface area (Å²) in [6.45, 7) is 0.403. The maximum Gasteiger partial charge on any atom is 0.149 e. The molecular weight excluding hydrogens is 371 g/mol. The van der Waals surface area contributed by atoms with Crippen molar-refractivity contribution in [1.82, 2.24) is 9.78 Å². The van der Waals surface area contributed by atoms with E-state index in [2.05, 4.69) is 43.6 Å². The Morgan fingerprint density at radius 1 is 1.69 bits per heavy atom. The van der Waals surface area contributed by atoms with Crippen LogP contribution in [0.15, 0.2) is 10.7 Å². The number of sulfone groups is 1. The fraction of sp³-hybridized carbons (Fsp3) is 0.500. The molecule has 1 rings (SSSR count). The molecule has 0 saturated heterocycles. The first kappa shape index (κ1) is 11.4. The van der Waals surface area contributed by atoms with Gasteiger partial charge < -0.3 is 0 Å². The summed E-state index contributed by atoms with van der Waals surface area (Å²) in [5.74, 6) is 0.122. The lowest BCUT2D eigenvalue weighted by Gasteiger charge is -1.98. The molecule has 4 nitrogen and oxygen atoms in total. The van der Waals surface area contributed by atoms with E-state index in [1.165, 1.54) is 6.26 Å². The lowest BCUT2D eigenvalue weighted by Crippen LogP contribution is -2.11. The van der Waals surface area contributed by atoms with Crippen LogP contribution in [0, 0.1) is 3.70 Å². The number of hydrogen-bond donors (Lipinski definition) is 0. The van der Waals surface area contributed by atoms with Gasteiger partial charge in [-0.25, -0.2) is 8.42 Å². The number of hydrogen-bond acceptors (Lipinski definition) is 3. The van der Waals surface area contributed by atoms with E-state index in [0.717, 1.165) is 8.17 Å². The van der Waals surface area contributed by atoms with E-state index in [-0.39, 0.29) is 5.75 Å². The molecule has 1 heterocycles. The van der Waals surface area contributed by atoms with Gasteiger partial charge in [0.1, 0.15) is 13.5 Å². The summed E-state index contributed by atoms with van der Waals surface area (Å²) in [7, 11) is -2.90. The largest absolute Gasteiger partial charge is 0.269 e. The van der Waals surface area contributed by atoms with Crippen LogP contribution in [0.2, 0.25) is 0 Å². The average Bonchev–Trinajstić information content (AvgIpc) is 2.27. The van der Waals surface area contributed by atoms with Gasteiger partial charge in [0, 0.05) is 12.5 Å². The zero-order valence-electron chi connectivity index (χ0n) is 6.87. The lowest BCUT2D eigenvalue weighted by molar-refractivity contribution is 0.585. The maximum absolute atomic E-state index is 10.8. The van der Waals surface area contributed by atoms with Gasteiger partial charge in [0.05, 0.1) is 16.8 Å². The standard InChI is InChI=1S/C6H8BrIN2O2S/c1-13(11,12)3-2-10-4-5(7)6(8)9-10/h4H,2-3H2,1H3. The van der Waals surface area contributed by atoms with Gasteiger partial charge in [-0.15, -0.1) is 0 Å². The first-order valence-electron chi connectivity index (χ1n) is 3.44. The summed E-state index contributed by atoms with van der Waals surface area (Å²) in [4.78, 5) is 0. The van der Waals surface area contributed by atoms with Crippen LogP contribution in [0.1, 0.15) is 0 Å². The number of aryl methyl sites for hydroxylation is 1. The molecule has 0 atom stereocenters. The van der Waals surface area contributed by atoms with Gasteiger partial charge in [0.15, 0.2) is 0 Å². The van der Waals surface area contributed by atoms with Gasteiger partial charge in [0.2, 0.25) is 0 Å². The van der Waals surface area contributed by atoms with Crippen molar-refractivity contribution in [2.75, 3.05) is 12.0 Å². The highest BCUT2D eigenvalue weighted by molar-refractivity contribution is 14.1. The molecule has 7 heteroatoms. The molecule has 13 heavy (non-hydrogen) atoms. The Bertz CT molecular complexity index is 381. The van der Waals surface area contributed by atoms with Crippen molar-refractivity contribution < 1.29 is 8.42 Å². The predicted molar refractivity (Wildman–Crippen MR) is 62.4 cm³/mol. The molecule has 1 aromatic rings. The van der Waals surface area contributed by atoms with Crippen molar-refractivity contribution in [3.63, 3.8) is 0 Å². The van der Waals surface area contributed by atoms with Crippen molar-refractivity contribution in [2.45, 2.75) is 6.54 Å². The Morgan fingerprint density at radius 3 is 2.69 bits per heavy atom. The zero-order valence-corrected chi connectivity index (χ0v) is 11.4. The summed E-state index contributed by atoms with van der Waals surface area (Å²) in [6, 6.07) is 0. The van der Waals surface area contributed by atoms with Gasteiger partial charge in [-0.2, -0.15) is 5.10 Å². The molecule has 0 amide bonds. The van der Waals surface area contributed by atoms with Crippen molar-refractivity contribution in [1.29, 1.82) is 0 Å².